The highest BCUT2D eigenvalue weighted by molar-refractivity contribution is 14.1. The first-order valence-corrected chi connectivity index (χ1v) is 9.51. The van der Waals surface area contributed by atoms with Gasteiger partial charge >= 0.3 is 11.9 Å². The minimum absolute atomic E-state index is 0.246. The Kier molecular flexibility index (Phi) is 7.34. The van der Waals surface area contributed by atoms with Crippen molar-refractivity contribution >= 4 is 44.6 Å². The number of hydrogen-bond acceptors (Lipinski definition) is 6. The number of carbonyl (C=O) groups excluding carboxylic acids is 2. The Morgan fingerprint density at radius 3 is 2.62 bits per heavy atom. The van der Waals surface area contributed by atoms with Crippen LogP contribution in [0.3, 0.4) is 0 Å². The van der Waals surface area contributed by atoms with Crippen LogP contribution in [0.15, 0.2) is 0 Å². The van der Waals surface area contributed by atoms with Gasteiger partial charge in [0.1, 0.15) is 22.4 Å². The molecule has 0 aliphatic heterocycles. The topological polar surface area (TPSA) is 107 Å². The quantitative estimate of drug-likeness (QED) is 0.291. The van der Waals surface area contributed by atoms with E-state index < -0.39 is 27.8 Å². The number of ether oxygens (including phenoxy) is 2. The van der Waals surface area contributed by atoms with Gasteiger partial charge in [0, 0.05) is 0 Å². The summed E-state index contributed by atoms with van der Waals surface area (Å²) in [6.07, 6.45) is 2.16. The van der Waals surface area contributed by atoms with Gasteiger partial charge in [-0.2, -0.15) is 8.42 Å². The van der Waals surface area contributed by atoms with Crippen LogP contribution in [0.2, 0.25) is 0 Å². The van der Waals surface area contributed by atoms with E-state index in [4.69, 9.17) is 14.0 Å². The number of esters is 2. The smallest absolute Gasteiger partial charge is 0.318 e. The van der Waals surface area contributed by atoms with E-state index in [1.165, 1.54) is 0 Å². The molecule has 21 heavy (non-hydrogen) atoms. The van der Waals surface area contributed by atoms with Gasteiger partial charge in [0.2, 0.25) is 0 Å². The molecular formula is C12H19IO7S. The molecule has 7 nitrogen and oxygen atoms in total. The highest BCUT2D eigenvalue weighted by Gasteiger charge is 2.31. The van der Waals surface area contributed by atoms with Gasteiger partial charge in [0.15, 0.2) is 0 Å². The minimum Gasteiger partial charge on any atom is -0.464 e. The van der Waals surface area contributed by atoms with Crippen molar-refractivity contribution in [3.63, 3.8) is 0 Å². The molecule has 9 heteroatoms. The van der Waals surface area contributed by atoms with Crippen LogP contribution >= 0.6 is 22.6 Å². The molecule has 1 saturated carbocycles. The molecule has 0 bridgehead atoms. The van der Waals surface area contributed by atoms with E-state index in [1.807, 2.05) is 22.6 Å². The van der Waals surface area contributed by atoms with E-state index in [0.717, 1.165) is 6.42 Å². The van der Waals surface area contributed by atoms with Crippen LogP contribution in [-0.2, 0) is 29.2 Å². The van der Waals surface area contributed by atoms with E-state index >= 15 is 0 Å². The Labute approximate surface area is 137 Å². The fourth-order valence-corrected chi connectivity index (χ4v) is 2.53. The molecule has 1 rings (SSSR count). The van der Waals surface area contributed by atoms with Crippen LogP contribution in [0.25, 0.3) is 0 Å². The lowest BCUT2D eigenvalue weighted by Crippen LogP contribution is -2.32. The fraction of sp³-hybridized carbons (Fsp3) is 0.833. The highest BCUT2D eigenvalue weighted by atomic mass is 127. The van der Waals surface area contributed by atoms with Crippen molar-refractivity contribution in [2.75, 3.05) is 12.4 Å². The molecule has 0 saturated heterocycles. The van der Waals surface area contributed by atoms with E-state index in [0.29, 0.717) is 19.3 Å². The molecular weight excluding hydrogens is 415 g/mol. The summed E-state index contributed by atoms with van der Waals surface area (Å²) in [6.45, 7) is 1.36. The number of alkyl halides is 1. The molecule has 3 atom stereocenters. The van der Waals surface area contributed by atoms with Crippen LogP contribution in [0, 0.1) is 5.92 Å². The zero-order chi connectivity index (χ0) is 16.0. The van der Waals surface area contributed by atoms with E-state index in [9.17, 15) is 18.0 Å². The zero-order valence-electron chi connectivity index (χ0n) is 11.7. The van der Waals surface area contributed by atoms with Gasteiger partial charge in [-0.25, -0.2) is 0 Å². The lowest BCUT2D eigenvalue weighted by Gasteiger charge is -2.28. The summed E-state index contributed by atoms with van der Waals surface area (Å²) in [7, 11) is -4.13. The van der Waals surface area contributed by atoms with Gasteiger partial charge < -0.3 is 9.47 Å². The third-order valence-corrected chi connectivity index (χ3v) is 4.34. The summed E-state index contributed by atoms with van der Waals surface area (Å²) in [5.74, 6) is -1.83. The van der Waals surface area contributed by atoms with Gasteiger partial charge in [0.25, 0.3) is 10.1 Å². The molecule has 1 aliphatic rings. The molecule has 0 radical (unpaired) electrons. The Hall–Kier alpha value is -0.420. The molecule has 1 aliphatic carbocycles. The maximum atomic E-state index is 11.8. The number of rotatable bonds is 6. The van der Waals surface area contributed by atoms with E-state index in [-0.39, 0.29) is 22.6 Å². The van der Waals surface area contributed by atoms with Gasteiger partial charge in [-0.05, 0) is 32.6 Å². The van der Waals surface area contributed by atoms with Crippen LogP contribution in [0.1, 0.15) is 32.6 Å². The number of hydrogen-bond donors (Lipinski definition) is 1. The SMILES string of the molecule is CC(I)C(=O)OC1CCCC(C(=O)OCCS(=O)(=O)O)C1. The molecule has 0 aromatic rings. The minimum atomic E-state index is -4.13. The summed E-state index contributed by atoms with van der Waals surface area (Å²) in [5, 5.41) is 0. The summed E-state index contributed by atoms with van der Waals surface area (Å²) >= 11 is 1.96. The third kappa shape index (κ3) is 7.41. The normalized spacial score (nSPS) is 24.1. The predicted molar refractivity (Wildman–Crippen MR) is 82.7 cm³/mol. The van der Waals surface area contributed by atoms with Gasteiger partial charge in [-0.1, -0.05) is 22.6 Å². The highest BCUT2D eigenvalue weighted by Crippen LogP contribution is 2.28. The van der Waals surface area contributed by atoms with Crippen LogP contribution < -0.4 is 0 Å². The van der Waals surface area contributed by atoms with Gasteiger partial charge in [-0.15, -0.1) is 0 Å². The second kappa shape index (κ2) is 8.28. The maximum Gasteiger partial charge on any atom is 0.318 e. The second-order valence-corrected chi connectivity index (χ2v) is 8.43. The molecule has 0 aromatic carbocycles. The van der Waals surface area contributed by atoms with E-state index in [2.05, 4.69) is 0 Å². The molecule has 0 heterocycles. The maximum absolute atomic E-state index is 11.8. The molecule has 122 valence electrons. The molecule has 0 amide bonds. The first kappa shape index (κ1) is 18.6. The Morgan fingerprint density at radius 1 is 1.38 bits per heavy atom. The third-order valence-electron chi connectivity index (χ3n) is 3.15. The molecule has 1 fully saturated rings. The van der Waals surface area contributed by atoms with Gasteiger partial charge in [0.05, 0.1) is 5.92 Å². The average Bonchev–Trinajstić information content (AvgIpc) is 2.37. The molecule has 0 spiro atoms. The van der Waals surface area contributed by atoms with Crippen molar-refractivity contribution in [2.24, 2.45) is 5.92 Å². The van der Waals surface area contributed by atoms with Crippen molar-refractivity contribution < 1.29 is 32.0 Å². The Morgan fingerprint density at radius 2 is 2.05 bits per heavy atom. The molecule has 1 N–H and O–H groups in total. The van der Waals surface area contributed by atoms with Crippen molar-refractivity contribution in [1.82, 2.24) is 0 Å². The van der Waals surface area contributed by atoms with Crippen molar-refractivity contribution in [2.45, 2.75) is 42.6 Å². The Balaban J connectivity index is 2.41. The van der Waals surface area contributed by atoms with E-state index in [1.54, 1.807) is 6.92 Å². The monoisotopic (exact) mass is 434 g/mol. The Bertz CT molecular complexity index is 474. The van der Waals surface area contributed by atoms with Gasteiger partial charge in [-0.3, -0.25) is 14.1 Å². The first-order valence-electron chi connectivity index (χ1n) is 6.65. The van der Waals surface area contributed by atoms with Crippen LogP contribution in [0.4, 0.5) is 0 Å². The first-order chi connectivity index (χ1) is 9.69. The summed E-state index contributed by atoms with van der Waals surface area (Å²) < 4.78 is 39.5. The summed E-state index contributed by atoms with van der Waals surface area (Å²) in [5.41, 5.74) is 0. The second-order valence-electron chi connectivity index (χ2n) is 4.99. The fourth-order valence-electron chi connectivity index (χ4n) is 2.09. The number of halogens is 1. The average molecular weight is 434 g/mol. The summed E-state index contributed by atoms with van der Waals surface area (Å²) in [6, 6.07) is 0. The van der Waals surface area contributed by atoms with Crippen LogP contribution in [-0.4, -0.2) is 47.3 Å². The predicted octanol–water partition coefficient (Wildman–Crippen LogP) is 1.34. The molecule has 0 aromatic heterocycles. The lowest BCUT2D eigenvalue weighted by molar-refractivity contribution is -0.157. The zero-order valence-corrected chi connectivity index (χ0v) is 14.6. The largest absolute Gasteiger partial charge is 0.464 e. The van der Waals surface area contributed by atoms with Crippen molar-refractivity contribution in [3.05, 3.63) is 0 Å². The van der Waals surface area contributed by atoms with Crippen molar-refractivity contribution in [1.29, 1.82) is 0 Å². The standard InChI is InChI=1S/C12H19IO7S/c1-8(13)11(14)20-10-4-2-3-9(7-10)12(15)19-5-6-21(16,17)18/h8-10H,2-7H2,1H3,(H,16,17,18). The molecule has 3 unspecified atom stereocenters. The van der Waals surface area contributed by atoms with Crippen LogP contribution in [0.5, 0.6) is 0 Å². The summed E-state index contributed by atoms with van der Waals surface area (Å²) in [4.78, 5) is 23.3. The van der Waals surface area contributed by atoms with Crippen molar-refractivity contribution in [3.8, 4) is 0 Å². The number of carbonyl (C=O) groups is 2. The lowest BCUT2D eigenvalue weighted by atomic mass is 9.87.